The van der Waals surface area contributed by atoms with Crippen LogP contribution in [-0.2, 0) is 0 Å². The molecular formula is C19H16N4O2. The van der Waals surface area contributed by atoms with Crippen LogP contribution < -0.4 is 10.5 Å². The third-order valence-corrected chi connectivity index (χ3v) is 4.27. The quantitative estimate of drug-likeness (QED) is 0.672. The van der Waals surface area contributed by atoms with Crippen LogP contribution in [0.1, 0.15) is 11.4 Å². The van der Waals surface area contributed by atoms with Crippen molar-refractivity contribution in [2.75, 3.05) is 11.4 Å². The molecule has 6 nitrogen and oxygen atoms in total. The zero-order valence-corrected chi connectivity index (χ0v) is 13.6. The fourth-order valence-corrected chi connectivity index (χ4v) is 3.05. The molecule has 1 aromatic heterocycles. The lowest BCUT2D eigenvalue weighted by atomic mass is 10.2. The van der Waals surface area contributed by atoms with Crippen LogP contribution in [0, 0.1) is 12.3 Å². The van der Waals surface area contributed by atoms with Gasteiger partial charge in [0.1, 0.15) is 17.4 Å². The number of aromatic nitrogens is 2. The lowest BCUT2D eigenvalue weighted by Crippen LogP contribution is -2.26. The number of H-pyrrole nitrogens is 1. The molecule has 3 aromatic rings. The van der Waals surface area contributed by atoms with Crippen molar-refractivity contribution in [1.82, 2.24) is 9.97 Å². The van der Waals surface area contributed by atoms with Crippen molar-refractivity contribution in [3.63, 3.8) is 0 Å². The highest BCUT2D eigenvalue weighted by Crippen LogP contribution is 2.29. The van der Waals surface area contributed by atoms with E-state index in [1.165, 1.54) is 0 Å². The first-order valence-electron chi connectivity index (χ1n) is 7.89. The van der Waals surface area contributed by atoms with Crippen LogP contribution in [0.25, 0.3) is 16.5 Å². The minimum absolute atomic E-state index is 0.0185. The predicted octanol–water partition coefficient (Wildman–Crippen LogP) is 3.00. The standard InChI is InChI=1S/C19H16N4O2/c1-11-5-4-6-12(9-11)23-10-15(24)16(17(23)20)18-21-14-8-3-2-7-13(14)19(25)22-18/h2-9,20,24H,10H2,1H3,(H,21,22,25). The summed E-state index contributed by atoms with van der Waals surface area (Å²) in [6, 6.07) is 14.7. The van der Waals surface area contributed by atoms with E-state index in [0.29, 0.717) is 10.9 Å². The average Bonchev–Trinajstić information content (AvgIpc) is 2.89. The molecule has 0 saturated heterocycles. The van der Waals surface area contributed by atoms with Gasteiger partial charge in [0, 0.05) is 5.69 Å². The molecule has 0 atom stereocenters. The Hall–Kier alpha value is -3.41. The van der Waals surface area contributed by atoms with Crippen LogP contribution in [0.3, 0.4) is 0 Å². The number of aryl methyl sites for hydroxylation is 1. The van der Waals surface area contributed by atoms with Crippen LogP contribution in [-0.4, -0.2) is 27.5 Å². The van der Waals surface area contributed by atoms with Gasteiger partial charge in [0.05, 0.1) is 23.0 Å². The van der Waals surface area contributed by atoms with Crippen LogP contribution in [0.4, 0.5) is 5.69 Å². The van der Waals surface area contributed by atoms with E-state index >= 15 is 0 Å². The molecule has 0 radical (unpaired) electrons. The van der Waals surface area contributed by atoms with E-state index < -0.39 is 0 Å². The average molecular weight is 332 g/mol. The number of hydrogen-bond acceptors (Lipinski definition) is 4. The van der Waals surface area contributed by atoms with E-state index in [1.807, 2.05) is 31.2 Å². The summed E-state index contributed by atoms with van der Waals surface area (Å²) >= 11 is 0. The molecule has 0 spiro atoms. The van der Waals surface area contributed by atoms with Gasteiger partial charge in [0.25, 0.3) is 5.56 Å². The number of para-hydroxylation sites is 1. The van der Waals surface area contributed by atoms with E-state index in [2.05, 4.69) is 9.97 Å². The highest BCUT2D eigenvalue weighted by molar-refractivity contribution is 6.30. The second kappa shape index (κ2) is 5.59. The zero-order valence-electron chi connectivity index (χ0n) is 13.6. The Bertz CT molecular complexity index is 1100. The van der Waals surface area contributed by atoms with E-state index in [0.717, 1.165) is 11.3 Å². The highest BCUT2D eigenvalue weighted by Gasteiger charge is 2.31. The number of aromatic amines is 1. The smallest absolute Gasteiger partial charge is 0.259 e. The topological polar surface area (TPSA) is 93.1 Å². The Morgan fingerprint density at radius 1 is 1.20 bits per heavy atom. The van der Waals surface area contributed by atoms with Crippen LogP contribution in [0.2, 0.25) is 0 Å². The lowest BCUT2D eigenvalue weighted by Gasteiger charge is -2.19. The zero-order chi connectivity index (χ0) is 17.6. The van der Waals surface area contributed by atoms with Crippen molar-refractivity contribution in [3.05, 3.63) is 76.0 Å². The van der Waals surface area contributed by atoms with Crippen LogP contribution in [0.15, 0.2) is 59.1 Å². The van der Waals surface area contributed by atoms with Gasteiger partial charge in [-0.25, -0.2) is 4.98 Å². The maximum Gasteiger partial charge on any atom is 0.259 e. The molecule has 0 amide bonds. The van der Waals surface area contributed by atoms with E-state index in [1.54, 1.807) is 29.2 Å². The number of fused-ring (bicyclic) bond motifs is 1. The SMILES string of the molecule is Cc1cccc(N2CC(O)=C(c3nc4ccccc4c(=O)[nH]3)C2=N)c1. The molecule has 3 N–H and O–H groups in total. The first-order chi connectivity index (χ1) is 12.0. The fraction of sp³-hybridized carbons (Fsp3) is 0.105. The summed E-state index contributed by atoms with van der Waals surface area (Å²) in [7, 11) is 0. The van der Waals surface area contributed by atoms with Crippen molar-refractivity contribution in [3.8, 4) is 0 Å². The maximum atomic E-state index is 12.3. The maximum absolute atomic E-state index is 12.3. The van der Waals surface area contributed by atoms with E-state index in [4.69, 9.17) is 5.41 Å². The number of aliphatic hydroxyl groups is 1. The lowest BCUT2D eigenvalue weighted by molar-refractivity contribution is 0.411. The van der Waals surface area contributed by atoms with Gasteiger partial charge in [0.2, 0.25) is 0 Å². The molecule has 1 aliphatic rings. The Morgan fingerprint density at radius 2 is 2.00 bits per heavy atom. The number of amidine groups is 1. The molecule has 25 heavy (non-hydrogen) atoms. The monoisotopic (exact) mass is 332 g/mol. The Kier molecular flexibility index (Phi) is 3.39. The number of nitrogens with one attached hydrogen (secondary N) is 2. The highest BCUT2D eigenvalue weighted by atomic mass is 16.3. The summed E-state index contributed by atoms with van der Waals surface area (Å²) in [5, 5.41) is 19.4. The van der Waals surface area contributed by atoms with Gasteiger partial charge in [-0.2, -0.15) is 0 Å². The second-order valence-electron chi connectivity index (χ2n) is 6.03. The van der Waals surface area contributed by atoms with Gasteiger partial charge >= 0.3 is 0 Å². The van der Waals surface area contributed by atoms with Gasteiger partial charge in [0.15, 0.2) is 0 Å². The Labute approximate surface area is 143 Å². The summed E-state index contributed by atoms with van der Waals surface area (Å²) in [5.74, 6) is 0.341. The van der Waals surface area contributed by atoms with Crippen molar-refractivity contribution < 1.29 is 5.11 Å². The van der Waals surface area contributed by atoms with Gasteiger partial charge in [-0.15, -0.1) is 0 Å². The fourth-order valence-electron chi connectivity index (χ4n) is 3.05. The summed E-state index contributed by atoms with van der Waals surface area (Å²) in [4.78, 5) is 21.1. The van der Waals surface area contributed by atoms with Crippen molar-refractivity contribution >= 4 is 28.0 Å². The predicted molar refractivity (Wildman–Crippen MR) is 98.2 cm³/mol. The number of aliphatic hydroxyl groups excluding tert-OH is 1. The molecule has 1 aliphatic heterocycles. The summed E-state index contributed by atoms with van der Waals surface area (Å²) in [5.41, 5.74) is 2.38. The molecule has 4 rings (SSSR count). The molecule has 0 aliphatic carbocycles. The molecule has 0 fully saturated rings. The normalized spacial score (nSPS) is 14.6. The number of nitrogens with zero attached hydrogens (tertiary/aromatic N) is 2. The van der Waals surface area contributed by atoms with Crippen molar-refractivity contribution in [2.45, 2.75) is 6.92 Å². The molecule has 0 unspecified atom stereocenters. The molecule has 2 heterocycles. The molecule has 2 aromatic carbocycles. The van der Waals surface area contributed by atoms with E-state index in [-0.39, 0.29) is 35.1 Å². The van der Waals surface area contributed by atoms with Crippen LogP contribution >= 0.6 is 0 Å². The summed E-state index contributed by atoms with van der Waals surface area (Å²) in [6.07, 6.45) is 0. The summed E-state index contributed by atoms with van der Waals surface area (Å²) in [6.45, 7) is 2.15. The largest absolute Gasteiger partial charge is 0.509 e. The molecule has 0 saturated carbocycles. The minimum atomic E-state index is -0.289. The molecular weight excluding hydrogens is 316 g/mol. The number of rotatable bonds is 2. The third kappa shape index (κ3) is 2.48. The van der Waals surface area contributed by atoms with Crippen LogP contribution in [0.5, 0.6) is 0 Å². The van der Waals surface area contributed by atoms with Gasteiger partial charge < -0.3 is 15.0 Å². The summed E-state index contributed by atoms with van der Waals surface area (Å²) < 4.78 is 0. The number of benzene rings is 2. The Balaban J connectivity index is 1.79. The third-order valence-electron chi connectivity index (χ3n) is 4.27. The van der Waals surface area contributed by atoms with Crippen molar-refractivity contribution in [1.29, 1.82) is 5.41 Å². The van der Waals surface area contributed by atoms with Gasteiger partial charge in [-0.1, -0.05) is 24.3 Å². The first-order valence-corrected chi connectivity index (χ1v) is 7.89. The van der Waals surface area contributed by atoms with Gasteiger partial charge in [-0.05, 0) is 36.8 Å². The Morgan fingerprint density at radius 3 is 2.80 bits per heavy atom. The number of hydrogen-bond donors (Lipinski definition) is 3. The minimum Gasteiger partial charge on any atom is -0.509 e. The molecule has 6 heteroatoms. The second-order valence-corrected chi connectivity index (χ2v) is 6.03. The molecule has 0 bridgehead atoms. The first kappa shape index (κ1) is 15.1. The molecule has 124 valence electrons. The number of anilines is 1. The van der Waals surface area contributed by atoms with Crippen molar-refractivity contribution in [2.24, 2.45) is 0 Å². The van der Waals surface area contributed by atoms with E-state index in [9.17, 15) is 9.90 Å². The van der Waals surface area contributed by atoms with Gasteiger partial charge in [-0.3, -0.25) is 10.2 Å².